The molecule has 1 saturated carbocycles. The van der Waals surface area contributed by atoms with Crippen LogP contribution in [0.15, 0.2) is 24.4 Å². The zero-order valence-corrected chi connectivity index (χ0v) is 14.5. The maximum atomic E-state index is 12.2. The van der Waals surface area contributed by atoms with Crippen LogP contribution in [0.2, 0.25) is 0 Å². The number of benzene rings is 1. The van der Waals surface area contributed by atoms with Crippen LogP contribution in [0.4, 0.5) is 4.79 Å². The molecule has 2 unspecified atom stereocenters. The van der Waals surface area contributed by atoms with Crippen molar-refractivity contribution >= 4 is 16.9 Å². The van der Waals surface area contributed by atoms with E-state index in [-0.39, 0.29) is 18.1 Å². The SMILES string of the molecule is Cc1cccc2[nH]cc(CCNC(=O)N(C)CC3CCCC3O)c12. The Morgan fingerprint density at radius 1 is 1.42 bits per heavy atom. The van der Waals surface area contributed by atoms with Gasteiger partial charge in [0, 0.05) is 43.2 Å². The first-order valence-electron chi connectivity index (χ1n) is 8.79. The first-order chi connectivity index (χ1) is 11.6. The Kier molecular flexibility index (Phi) is 5.09. The van der Waals surface area contributed by atoms with Gasteiger partial charge in [0.05, 0.1) is 6.10 Å². The van der Waals surface area contributed by atoms with E-state index in [1.54, 1.807) is 11.9 Å². The number of hydrogen-bond acceptors (Lipinski definition) is 2. The van der Waals surface area contributed by atoms with Gasteiger partial charge >= 0.3 is 6.03 Å². The van der Waals surface area contributed by atoms with Gasteiger partial charge in [-0.2, -0.15) is 0 Å². The number of aromatic amines is 1. The number of nitrogens with one attached hydrogen (secondary N) is 2. The first-order valence-corrected chi connectivity index (χ1v) is 8.79. The maximum absolute atomic E-state index is 12.2. The molecule has 3 N–H and O–H groups in total. The van der Waals surface area contributed by atoms with Crippen molar-refractivity contribution in [3.8, 4) is 0 Å². The lowest BCUT2D eigenvalue weighted by Gasteiger charge is -2.23. The lowest BCUT2D eigenvalue weighted by atomic mass is 10.1. The summed E-state index contributed by atoms with van der Waals surface area (Å²) in [5.41, 5.74) is 3.63. The highest BCUT2D eigenvalue weighted by Crippen LogP contribution is 2.26. The van der Waals surface area contributed by atoms with Crippen LogP contribution < -0.4 is 5.32 Å². The van der Waals surface area contributed by atoms with Crippen molar-refractivity contribution in [1.29, 1.82) is 0 Å². The Morgan fingerprint density at radius 3 is 3.00 bits per heavy atom. The number of amides is 2. The van der Waals surface area contributed by atoms with Crippen molar-refractivity contribution in [2.45, 2.75) is 38.7 Å². The van der Waals surface area contributed by atoms with Crippen molar-refractivity contribution in [1.82, 2.24) is 15.2 Å². The second-order valence-corrected chi connectivity index (χ2v) is 6.93. The van der Waals surface area contributed by atoms with Crippen molar-refractivity contribution in [2.24, 2.45) is 5.92 Å². The number of hydrogen-bond donors (Lipinski definition) is 3. The number of H-pyrrole nitrogens is 1. The number of rotatable bonds is 5. The Balaban J connectivity index is 1.51. The molecule has 130 valence electrons. The lowest BCUT2D eigenvalue weighted by Crippen LogP contribution is -2.41. The predicted molar refractivity (Wildman–Crippen MR) is 96.1 cm³/mol. The summed E-state index contributed by atoms with van der Waals surface area (Å²) in [6.07, 6.45) is 5.50. The van der Waals surface area contributed by atoms with E-state index in [9.17, 15) is 9.90 Å². The number of carbonyl (C=O) groups is 1. The van der Waals surface area contributed by atoms with Crippen LogP contribution in [0.3, 0.4) is 0 Å². The van der Waals surface area contributed by atoms with E-state index in [1.165, 1.54) is 16.5 Å². The van der Waals surface area contributed by atoms with Crippen LogP contribution in [-0.4, -0.2) is 47.3 Å². The van der Waals surface area contributed by atoms with Gasteiger partial charge in [-0.05, 0) is 43.4 Å². The summed E-state index contributed by atoms with van der Waals surface area (Å²) >= 11 is 0. The standard InChI is InChI=1S/C19H27N3O2/c1-13-5-3-7-16-18(13)14(11-21-16)9-10-20-19(24)22(2)12-15-6-4-8-17(15)23/h3,5,7,11,15,17,21,23H,4,6,8-10,12H2,1-2H3,(H,20,24). The molecule has 1 fully saturated rings. The van der Waals surface area contributed by atoms with Gasteiger partial charge in [0.1, 0.15) is 0 Å². The minimum absolute atomic E-state index is 0.0642. The maximum Gasteiger partial charge on any atom is 0.317 e. The molecule has 3 rings (SSSR count). The number of urea groups is 1. The van der Waals surface area contributed by atoms with E-state index in [0.29, 0.717) is 13.1 Å². The second-order valence-electron chi connectivity index (χ2n) is 6.93. The summed E-state index contributed by atoms with van der Waals surface area (Å²) in [5.74, 6) is 0.219. The monoisotopic (exact) mass is 329 g/mol. The molecular weight excluding hydrogens is 302 g/mol. The Bertz CT molecular complexity index is 710. The fraction of sp³-hybridized carbons (Fsp3) is 0.526. The third kappa shape index (κ3) is 3.56. The highest BCUT2D eigenvalue weighted by Gasteiger charge is 2.27. The number of aliphatic hydroxyl groups is 1. The summed E-state index contributed by atoms with van der Waals surface area (Å²) in [6.45, 7) is 3.34. The summed E-state index contributed by atoms with van der Waals surface area (Å²) in [7, 11) is 1.80. The normalized spacial score (nSPS) is 20.5. The van der Waals surface area contributed by atoms with E-state index in [4.69, 9.17) is 0 Å². The molecule has 1 aliphatic rings. The molecule has 1 aliphatic carbocycles. The summed E-state index contributed by atoms with van der Waals surface area (Å²) in [5, 5.41) is 14.1. The van der Waals surface area contributed by atoms with E-state index in [2.05, 4.69) is 29.4 Å². The Hall–Kier alpha value is -2.01. The molecule has 2 aromatic rings. The van der Waals surface area contributed by atoms with Crippen molar-refractivity contribution in [3.63, 3.8) is 0 Å². The number of carbonyl (C=O) groups excluding carboxylic acids is 1. The first kappa shape index (κ1) is 16.8. The van der Waals surface area contributed by atoms with Gasteiger partial charge in [-0.1, -0.05) is 18.6 Å². The summed E-state index contributed by atoms with van der Waals surface area (Å²) < 4.78 is 0. The number of fused-ring (bicyclic) bond motifs is 1. The summed E-state index contributed by atoms with van der Waals surface area (Å²) in [4.78, 5) is 17.2. The molecule has 0 spiro atoms. The van der Waals surface area contributed by atoms with E-state index >= 15 is 0 Å². The molecule has 0 aliphatic heterocycles. The van der Waals surface area contributed by atoms with Gasteiger partial charge in [0.15, 0.2) is 0 Å². The van der Waals surface area contributed by atoms with Crippen LogP contribution in [0, 0.1) is 12.8 Å². The third-order valence-electron chi connectivity index (χ3n) is 5.14. The number of aliphatic hydroxyl groups excluding tert-OH is 1. The second kappa shape index (κ2) is 7.26. The predicted octanol–water partition coefficient (Wildman–Crippen LogP) is 2.82. The minimum Gasteiger partial charge on any atom is -0.393 e. The quantitative estimate of drug-likeness (QED) is 0.789. The highest BCUT2D eigenvalue weighted by molar-refractivity contribution is 5.86. The Morgan fingerprint density at radius 2 is 2.25 bits per heavy atom. The topological polar surface area (TPSA) is 68.4 Å². The molecule has 2 atom stereocenters. The number of aryl methyl sites for hydroxylation is 1. The largest absolute Gasteiger partial charge is 0.393 e. The third-order valence-corrected chi connectivity index (χ3v) is 5.14. The number of aromatic nitrogens is 1. The molecule has 0 bridgehead atoms. The highest BCUT2D eigenvalue weighted by atomic mass is 16.3. The van der Waals surface area contributed by atoms with Crippen LogP contribution in [-0.2, 0) is 6.42 Å². The average molecular weight is 329 g/mol. The van der Waals surface area contributed by atoms with Crippen molar-refractivity contribution in [2.75, 3.05) is 20.1 Å². The summed E-state index contributed by atoms with van der Waals surface area (Å²) in [6, 6.07) is 6.17. The van der Waals surface area contributed by atoms with E-state index in [1.807, 2.05) is 12.3 Å². The Labute approximate surface area is 143 Å². The molecule has 0 radical (unpaired) electrons. The van der Waals surface area contributed by atoms with Gasteiger partial charge in [-0.15, -0.1) is 0 Å². The zero-order chi connectivity index (χ0) is 17.1. The minimum atomic E-state index is -0.255. The molecule has 5 heteroatoms. The van der Waals surface area contributed by atoms with Gasteiger partial charge in [0.25, 0.3) is 0 Å². The molecule has 24 heavy (non-hydrogen) atoms. The number of nitrogens with zero attached hydrogens (tertiary/aromatic N) is 1. The van der Waals surface area contributed by atoms with Crippen LogP contribution in [0.25, 0.3) is 10.9 Å². The average Bonchev–Trinajstić information content (AvgIpc) is 3.15. The van der Waals surface area contributed by atoms with Crippen LogP contribution in [0.5, 0.6) is 0 Å². The van der Waals surface area contributed by atoms with Gasteiger partial charge in [0.2, 0.25) is 0 Å². The molecule has 0 saturated heterocycles. The fourth-order valence-corrected chi connectivity index (χ4v) is 3.75. The van der Waals surface area contributed by atoms with E-state index < -0.39 is 0 Å². The molecule has 2 amide bonds. The van der Waals surface area contributed by atoms with Crippen LogP contribution >= 0.6 is 0 Å². The molecule has 5 nitrogen and oxygen atoms in total. The van der Waals surface area contributed by atoms with Crippen molar-refractivity contribution in [3.05, 3.63) is 35.5 Å². The smallest absolute Gasteiger partial charge is 0.317 e. The molecule has 1 heterocycles. The fourth-order valence-electron chi connectivity index (χ4n) is 3.75. The van der Waals surface area contributed by atoms with Crippen molar-refractivity contribution < 1.29 is 9.90 Å². The molecule has 1 aromatic carbocycles. The molecule has 1 aromatic heterocycles. The lowest BCUT2D eigenvalue weighted by molar-refractivity contribution is 0.114. The van der Waals surface area contributed by atoms with Gasteiger partial charge in [-0.3, -0.25) is 0 Å². The van der Waals surface area contributed by atoms with Gasteiger partial charge < -0.3 is 20.3 Å². The zero-order valence-electron chi connectivity index (χ0n) is 14.5. The molecular formula is C19H27N3O2. The van der Waals surface area contributed by atoms with Gasteiger partial charge in [-0.25, -0.2) is 4.79 Å². The van der Waals surface area contributed by atoms with E-state index in [0.717, 1.165) is 31.2 Å². The van der Waals surface area contributed by atoms with Crippen LogP contribution in [0.1, 0.15) is 30.4 Å².